The van der Waals surface area contributed by atoms with Crippen molar-refractivity contribution in [3.8, 4) is 5.75 Å². The summed E-state index contributed by atoms with van der Waals surface area (Å²) in [6.45, 7) is 3.89. The smallest absolute Gasteiger partial charge is 0.262 e. The zero-order valence-corrected chi connectivity index (χ0v) is 17.9. The fourth-order valence-electron chi connectivity index (χ4n) is 2.33. The van der Waals surface area contributed by atoms with Crippen molar-refractivity contribution in [1.82, 2.24) is 4.72 Å². The minimum Gasteiger partial charge on any atom is -0.482 e. The first-order valence-electron chi connectivity index (χ1n) is 8.71. The molecular weight excluding hydrogens is 423 g/mol. The van der Waals surface area contributed by atoms with Crippen LogP contribution >= 0.6 is 23.2 Å². The van der Waals surface area contributed by atoms with Crippen LogP contribution in [0.25, 0.3) is 0 Å². The van der Waals surface area contributed by atoms with Crippen LogP contribution in [0.1, 0.15) is 25.3 Å². The van der Waals surface area contributed by atoms with Crippen molar-refractivity contribution >= 4 is 44.8 Å². The van der Waals surface area contributed by atoms with Gasteiger partial charge >= 0.3 is 0 Å². The van der Waals surface area contributed by atoms with E-state index in [1.165, 1.54) is 18.2 Å². The van der Waals surface area contributed by atoms with E-state index in [0.717, 1.165) is 18.4 Å². The van der Waals surface area contributed by atoms with E-state index in [-0.39, 0.29) is 28.2 Å². The summed E-state index contributed by atoms with van der Waals surface area (Å²) < 4.78 is 32.3. The van der Waals surface area contributed by atoms with Crippen LogP contribution in [0, 0.1) is 6.92 Å². The van der Waals surface area contributed by atoms with Crippen LogP contribution in [0.15, 0.2) is 41.3 Å². The van der Waals surface area contributed by atoms with Gasteiger partial charge in [-0.15, -0.1) is 0 Å². The second kappa shape index (κ2) is 10.1. The highest BCUT2D eigenvalue weighted by Crippen LogP contribution is 2.27. The molecule has 0 aliphatic heterocycles. The molecule has 2 aromatic carbocycles. The maximum Gasteiger partial charge on any atom is 0.262 e. The average Bonchev–Trinajstić information content (AvgIpc) is 2.63. The molecule has 0 saturated heterocycles. The SMILES string of the molecule is CCCCNS(=O)(=O)c1ccc(OCC(=O)Nc2ccc(Cl)cc2C)c(Cl)c1. The van der Waals surface area contributed by atoms with Crippen LogP contribution < -0.4 is 14.8 Å². The van der Waals surface area contributed by atoms with Gasteiger partial charge in [-0.05, 0) is 55.3 Å². The Morgan fingerprint density at radius 1 is 1.14 bits per heavy atom. The van der Waals surface area contributed by atoms with Crippen LogP contribution in [0.5, 0.6) is 5.75 Å². The molecule has 0 aromatic heterocycles. The van der Waals surface area contributed by atoms with Gasteiger partial charge in [0.05, 0.1) is 9.92 Å². The molecule has 0 radical (unpaired) electrons. The number of carbonyl (C=O) groups excluding carboxylic acids is 1. The van der Waals surface area contributed by atoms with Crippen molar-refractivity contribution < 1.29 is 17.9 Å². The van der Waals surface area contributed by atoms with Crippen molar-refractivity contribution in [2.24, 2.45) is 0 Å². The fraction of sp³-hybridized carbons (Fsp3) is 0.316. The quantitative estimate of drug-likeness (QED) is 0.561. The van der Waals surface area contributed by atoms with E-state index >= 15 is 0 Å². The molecule has 0 bridgehead atoms. The highest BCUT2D eigenvalue weighted by Gasteiger charge is 2.16. The second-order valence-electron chi connectivity index (χ2n) is 6.14. The van der Waals surface area contributed by atoms with Gasteiger partial charge in [0, 0.05) is 17.3 Å². The second-order valence-corrected chi connectivity index (χ2v) is 8.75. The third-order valence-corrected chi connectivity index (χ3v) is 5.85. The van der Waals surface area contributed by atoms with Crippen molar-refractivity contribution in [2.45, 2.75) is 31.6 Å². The number of carbonyl (C=O) groups is 1. The number of anilines is 1. The molecule has 6 nitrogen and oxygen atoms in total. The molecule has 0 aliphatic carbocycles. The van der Waals surface area contributed by atoms with Crippen molar-refractivity contribution in [3.05, 3.63) is 52.0 Å². The predicted molar refractivity (Wildman–Crippen MR) is 112 cm³/mol. The Bertz CT molecular complexity index is 949. The van der Waals surface area contributed by atoms with Crippen molar-refractivity contribution in [1.29, 1.82) is 0 Å². The number of halogens is 2. The minimum absolute atomic E-state index is 0.0437. The molecule has 0 aliphatic rings. The molecule has 9 heteroatoms. The highest BCUT2D eigenvalue weighted by atomic mass is 35.5. The number of unbranched alkanes of at least 4 members (excludes halogenated alkanes) is 1. The lowest BCUT2D eigenvalue weighted by molar-refractivity contribution is -0.118. The Hall–Kier alpha value is -1.80. The summed E-state index contributed by atoms with van der Waals surface area (Å²) in [5.74, 6) is -0.156. The largest absolute Gasteiger partial charge is 0.482 e. The standard InChI is InChI=1S/C19H22Cl2N2O4S/c1-3-4-9-22-28(25,26)15-6-8-18(16(21)11-15)27-12-19(24)23-17-7-5-14(20)10-13(17)2/h5-8,10-11,22H,3-4,9,12H2,1-2H3,(H,23,24). The van der Waals surface area contributed by atoms with Gasteiger partial charge in [0.15, 0.2) is 6.61 Å². The van der Waals surface area contributed by atoms with Crippen LogP contribution in [0.4, 0.5) is 5.69 Å². The zero-order chi connectivity index (χ0) is 20.7. The maximum absolute atomic E-state index is 12.2. The van der Waals surface area contributed by atoms with Gasteiger partial charge in [-0.3, -0.25) is 4.79 Å². The number of hydrogen-bond acceptors (Lipinski definition) is 4. The highest BCUT2D eigenvalue weighted by molar-refractivity contribution is 7.89. The van der Waals surface area contributed by atoms with Crippen LogP contribution in [0.2, 0.25) is 10.0 Å². The minimum atomic E-state index is -3.63. The molecule has 0 spiro atoms. The molecule has 0 saturated carbocycles. The summed E-state index contributed by atoms with van der Waals surface area (Å²) in [5.41, 5.74) is 1.45. The molecule has 1 amide bonds. The first-order chi connectivity index (χ1) is 13.2. The normalized spacial score (nSPS) is 11.3. The number of rotatable bonds is 9. The number of ether oxygens (including phenoxy) is 1. The molecule has 0 unspecified atom stereocenters. The number of aryl methyl sites for hydroxylation is 1. The lowest BCUT2D eigenvalue weighted by Gasteiger charge is -2.12. The summed E-state index contributed by atoms with van der Waals surface area (Å²) >= 11 is 12.0. The van der Waals surface area contributed by atoms with Gasteiger partial charge < -0.3 is 10.1 Å². The van der Waals surface area contributed by atoms with E-state index in [2.05, 4.69) is 10.0 Å². The monoisotopic (exact) mass is 444 g/mol. The van der Waals surface area contributed by atoms with E-state index in [0.29, 0.717) is 17.3 Å². The Morgan fingerprint density at radius 2 is 1.89 bits per heavy atom. The number of amides is 1. The lowest BCUT2D eigenvalue weighted by Crippen LogP contribution is -2.24. The number of sulfonamides is 1. The molecule has 2 rings (SSSR count). The van der Waals surface area contributed by atoms with Crippen LogP contribution in [-0.2, 0) is 14.8 Å². The van der Waals surface area contributed by atoms with Gasteiger partial charge in [0.2, 0.25) is 10.0 Å². The van der Waals surface area contributed by atoms with Crippen molar-refractivity contribution in [2.75, 3.05) is 18.5 Å². The lowest BCUT2D eigenvalue weighted by atomic mass is 10.2. The van der Waals surface area contributed by atoms with Gasteiger partial charge in [-0.1, -0.05) is 36.5 Å². The molecule has 2 N–H and O–H groups in total. The van der Waals surface area contributed by atoms with E-state index in [1.807, 2.05) is 13.8 Å². The van der Waals surface area contributed by atoms with E-state index < -0.39 is 10.0 Å². The molecule has 0 heterocycles. The summed E-state index contributed by atoms with van der Waals surface area (Å²) in [4.78, 5) is 12.1. The molecule has 28 heavy (non-hydrogen) atoms. The topological polar surface area (TPSA) is 84.5 Å². The number of nitrogens with one attached hydrogen (secondary N) is 2. The van der Waals surface area contributed by atoms with Gasteiger partial charge in [-0.25, -0.2) is 13.1 Å². The van der Waals surface area contributed by atoms with Gasteiger partial charge in [-0.2, -0.15) is 0 Å². The van der Waals surface area contributed by atoms with Crippen LogP contribution in [-0.4, -0.2) is 27.5 Å². The zero-order valence-electron chi connectivity index (χ0n) is 15.6. The summed E-state index contributed by atoms with van der Waals surface area (Å²) in [7, 11) is -3.63. The third kappa shape index (κ3) is 6.38. The van der Waals surface area contributed by atoms with Crippen LogP contribution in [0.3, 0.4) is 0 Å². The van der Waals surface area contributed by atoms with Crippen molar-refractivity contribution in [3.63, 3.8) is 0 Å². The first-order valence-corrected chi connectivity index (χ1v) is 10.9. The maximum atomic E-state index is 12.2. The number of hydrogen-bond donors (Lipinski definition) is 2. The van der Waals surface area contributed by atoms with Gasteiger partial charge in [0.1, 0.15) is 5.75 Å². The van der Waals surface area contributed by atoms with E-state index in [4.69, 9.17) is 27.9 Å². The third-order valence-electron chi connectivity index (χ3n) is 3.86. The molecule has 152 valence electrons. The molecule has 0 atom stereocenters. The molecule has 0 fully saturated rings. The average molecular weight is 445 g/mol. The summed E-state index contributed by atoms with van der Waals surface area (Å²) in [6, 6.07) is 9.23. The Labute approximate surface area is 175 Å². The number of benzene rings is 2. The fourth-order valence-corrected chi connectivity index (χ4v) is 3.96. The summed E-state index contributed by atoms with van der Waals surface area (Å²) in [6.07, 6.45) is 1.63. The molecule has 2 aromatic rings. The Kier molecular flexibility index (Phi) is 8.12. The molecular formula is C19H22Cl2N2O4S. The van der Waals surface area contributed by atoms with E-state index in [1.54, 1.807) is 18.2 Å². The Morgan fingerprint density at radius 3 is 2.54 bits per heavy atom. The summed E-state index contributed by atoms with van der Waals surface area (Å²) in [5, 5.41) is 3.41. The van der Waals surface area contributed by atoms with Gasteiger partial charge in [0.25, 0.3) is 5.91 Å². The first kappa shape index (κ1) is 22.5. The Balaban J connectivity index is 1.98. The predicted octanol–water partition coefficient (Wildman–Crippen LogP) is 4.40. The van der Waals surface area contributed by atoms with E-state index in [9.17, 15) is 13.2 Å².